The third kappa shape index (κ3) is 12.4. The Hall–Kier alpha value is -1.05. The second kappa shape index (κ2) is 14.3. The lowest BCUT2D eigenvalue weighted by molar-refractivity contribution is 0.493. The number of halogens is 1. The van der Waals surface area contributed by atoms with Crippen molar-refractivity contribution in [2.24, 2.45) is 16.6 Å². The van der Waals surface area contributed by atoms with Crippen LogP contribution in [0.3, 0.4) is 0 Å². The van der Waals surface area contributed by atoms with E-state index in [0.717, 1.165) is 44.1 Å². The van der Waals surface area contributed by atoms with Gasteiger partial charge in [0, 0.05) is 25.3 Å². The molecule has 1 heterocycles. The lowest BCUT2D eigenvalue weighted by atomic mass is 10.0. The van der Waals surface area contributed by atoms with Gasteiger partial charge in [0.05, 0.1) is 0 Å². The summed E-state index contributed by atoms with van der Waals surface area (Å²) in [5.41, 5.74) is 5.93. The smallest absolute Gasteiger partial charge is 0.188 e. The largest absolute Gasteiger partial charge is 0.370 e. The number of anilines is 1. The van der Waals surface area contributed by atoms with Crippen molar-refractivity contribution in [1.29, 1.82) is 0 Å². The molecule has 0 bridgehead atoms. The maximum absolute atomic E-state index is 5.93. The number of hydrogen-bond acceptors (Lipinski definition) is 3. The van der Waals surface area contributed by atoms with E-state index < -0.39 is 0 Å². The highest BCUT2D eigenvalue weighted by Crippen LogP contribution is 2.08. The molecule has 0 amide bonds. The van der Waals surface area contributed by atoms with Crippen molar-refractivity contribution in [3.63, 3.8) is 0 Å². The molecule has 0 aliphatic rings. The van der Waals surface area contributed by atoms with E-state index in [4.69, 9.17) is 5.73 Å². The number of nitrogens with two attached hydrogens (primary N) is 1. The van der Waals surface area contributed by atoms with Crippen LogP contribution in [0.5, 0.6) is 0 Å². The Morgan fingerprint density at radius 3 is 2.62 bits per heavy atom. The van der Waals surface area contributed by atoms with Crippen LogP contribution in [0.2, 0.25) is 0 Å². The average Bonchev–Trinajstić information content (AvgIpc) is 2.51. The predicted molar refractivity (Wildman–Crippen MR) is 115 cm³/mol. The fraction of sp³-hybridized carbons (Fsp3) is 0.667. The van der Waals surface area contributed by atoms with Gasteiger partial charge in [0.1, 0.15) is 5.82 Å². The maximum atomic E-state index is 5.93. The van der Waals surface area contributed by atoms with Gasteiger partial charge in [-0.15, -0.1) is 24.0 Å². The molecule has 1 rings (SSSR count). The van der Waals surface area contributed by atoms with Crippen LogP contribution in [0, 0.1) is 5.92 Å². The number of hydrogen-bond donors (Lipinski definition) is 3. The number of aliphatic imine (C=N–C) groups is 1. The van der Waals surface area contributed by atoms with Gasteiger partial charge in [-0.1, -0.05) is 32.8 Å². The molecule has 24 heavy (non-hydrogen) atoms. The normalized spacial score (nSPS) is 12.6. The van der Waals surface area contributed by atoms with Gasteiger partial charge >= 0.3 is 0 Å². The van der Waals surface area contributed by atoms with E-state index in [-0.39, 0.29) is 24.0 Å². The number of unbranched alkanes of at least 4 members (excludes halogenated alkanes) is 1. The van der Waals surface area contributed by atoms with Crippen molar-refractivity contribution in [2.75, 3.05) is 18.4 Å². The van der Waals surface area contributed by atoms with Gasteiger partial charge in [-0.2, -0.15) is 0 Å². The number of rotatable bonds is 11. The van der Waals surface area contributed by atoms with E-state index in [2.05, 4.69) is 41.4 Å². The molecule has 0 saturated carbocycles. The Bertz CT molecular complexity index is 436. The van der Waals surface area contributed by atoms with E-state index in [9.17, 15) is 0 Å². The van der Waals surface area contributed by atoms with Crippen LogP contribution < -0.4 is 16.4 Å². The summed E-state index contributed by atoms with van der Waals surface area (Å²) >= 11 is 0. The van der Waals surface area contributed by atoms with E-state index in [1.807, 2.05) is 18.2 Å². The molecule has 0 aliphatic carbocycles. The van der Waals surface area contributed by atoms with Gasteiger partial charge in [-0.05, 0) is 44.2 Å². The number of aromatic nitrogens is 1. The summed E-state index contributed by atoms with van der Waals surface area (Å²) in [6.07, 6.45) is 7.51. The summed E-state index contributed by atoms with van der Waals surface area (Å²) in [5.74, 6) is 2.26. The van der Waals surface area contributed by atoms with Crippen molar-refractivity contribution in [2.45, 2.75) is 58.9 Å². The zero-order valence-electron chi connectivity index (χ0n) is 15.3. The van der Waals surface area contributed by atoms with Crippen LogP contribution in [0.15, 0.2) is 29.4 Å². The molecule has 1 aromatic heterocycles. The summed E-state index contributed by atoms with van der Waals surface area (Å²) in [5, 5.41) is 6.56. The van der Waals surface area contributed by atoms with Gasteiger partial charge in [-0.3, -0.25) is 4.99 Å². The summed E-state index contributed by atoms with van der Waals surface area (Å²) in [7, 11) is 0. The van der Waals surface area contributed by atoms with Gasteiger partial charge < -0.3 is 16.4 Å². The standard InChI is InChI=1S/C18H33N5.HI/c1-15(2)9-8-10-16(3)23-18(19)22-14-7-6-13-21-17-11-4-5-12-20-17;/h4-5,11-12,15-16H,6-10,13-14H2,1-3H3,(H,20,21)(H3,19,22,23);1H. The van der Waals surface area contributed by atoms with Crippen molar-refractivity contribution in [3.8, 4) is 0 Å². The Morgan fingerprint density at radius 1 is 1.17 bits per heavy atom. The molecule has 4 N–H and O–H groups in total. The zero-order chi connectivity index (χ0) is 16.9. The molecular formula is C18H34IN5. The van der Waals surface area contributed by atoms with Gasteiger partial charge in [0.2, 0.25) is 0 Å². The van der Waals surface area contributed by atoms with E-state index in [1.54, 1.807) is 6.20 Å². The first kappa shape index (κ1) is 22.9. The molecular weight excluding hydrogens is 413 g/mol. The van der Waals surface area contributed by atoms with Gasteiger partial charge in [-0.25, -0.2) is 4.98 Å². The Labute approximate surface area is 164 Å². The minimum atomic E-state index is 0. The average molecular weight is 447 g/mol. The Kier molecular flexibility index (Phi) is 13.7. The molecule has 0 saturated heterocycles. The van der Waals surface area contributed by atoms with Gasteiger partial charge in [0.15, 0.2) is 5.96 Å². The van der Waals surface area contributed by atoms with Crippen molar-refractivity contribution in [3.05, 3.63) is 24.4 Å². The predicted octanol–water partition coefficient (Wildman–Crippen LogP) is 4.01. The number of guanidine groups is 1. The van der Waals surface area contributed by atoms with Crippen LogP contribution >= 0.6 is 24.0 Å². The molecule has 1 unspecified atom stereocenters. The quantitative estimate of drug-likeness (QED) is 0.207. The minimum Gasteiger partial charge on any atom is -0.370 e. The van der Waals surface area contributed by atoms with Gasteiger partial charge in [0.25, 0.3) is 0 Å². The van der Waals surface area contributed by atoms with Crippen LogP contribution in [0.1, 0.15) is 52.9 Å². The second-order valence-corrected chi connectivity index (χ2v) is 6.49. The summed E-state index contributed by atoms with van der Waals surface area (Å²) < 4.78 is 0. The molecule has 0 aliphatic heterocycles. The summed E-state index contributed by atoms with van der Waals surface area (Å²) in [6, 6.07) is 6.26. The fourth-order valence-electron chi connectivity index (χ4n) is 2.32. The monoisotopic (exact) mass is 447 g/mol. The first-order valence-electron chi connectivity index (χ1n) is 8.79. The number of nitrogens with one attached hydrogen (secondary N) is 2. The number of nitrogens with zero attached hydrogens (tertiary/aromatic N) is 2. The third-order valence-electron chi connectivity index (χ3n) is 3.65. The Morgan fingerprint density at radius 2 is 1.96 bits per heavy atom. The van der Waals surface area contributed by atoms with Crippen molar-refractivity contribution in [1.82, 2.24) is 10.3 Å². The topological polar surface area (TPSA) is 75.3 Å². The highest BCUT2D eigenvalue weighted by molar-refractivity contribution is 14.0. The first-order valence-corrected chi connectivity index (χ1v) is 8.79. The lowest BCUT2D eigenvalue weighted by Gasteiger charge is -2.15. The summed E-state index contributed by atoms with van der Waals surface area (Å²) in [4.78, 5) is 8.62. The third-order valence-corrected chi connectivity index (χ3v) is 3.65. The molecule has 0 aromatic carbocycles. The number of pyridine rings is 1. The van der Waals surface area contributed by atoms with E-state index in [0.29, 0.717) is 12.0 Å². The minimum absolute atomic E-state index is 0. The van der Waals surface area contributed by atoms with E-state index >= 15 is 0 Å². The maximum Gasteiger partial charge on any atom is 0.188 e. The van der Waals surface area contributed by atoms with Crippen LogP contribution in [0.4, 0.5) is 5.82 Å². The molecule has 6 heteroatoms. The first-order chi connectivity index (χ1) is 11.1. The molecule has 1 atom stereocenters. The molecule has 138 valence electrons. The van der Waals surface area contributed by atoms with Crippen LogP contribution in [0.25, 0.3) is 0 Å². The Balaban J connectivity index is 0.00000529. The zero-order valence-corrected chi connectivity index (χ0v) is 17.6. The highest BCUT2D eigenvalue weighted by atomic mass is 127. The van der Waals surface area contributed by atoms with Crippen molar-refractivity contribution < 1.29 is 0 Å². The van der Waals surface area contributed by atoms with Crippen LogP contribution in [-0.4, -0.2) is 30.1 Å². The second-order valence-electron chi connectivity index (χ2n) is 6.49. The molecule has 0 spiro atoms. The molecule has 1 aromatic rings. The SMILES string of the molecule is CC(C)CCCC(C)NC(N)=NCCCCNc1ccccn1.I. The van der Waals surface area contributed by atoms with E-state index in [1.165, 1.54) is 12.8 Å². The van der Waals surface area contributed by atoms with Crippen LogP contribution in [-0.2, 0) is 0 Å². The molecule has 5 nitrogen and oxygen atoms in total. The molecule has 0 radical (unpaired) electrons. The highest BCUT2D eigenvalue weighted by Gasteiger charge is 2.03. The summed E-state index contributed by atoms with van der Waals surface area (Å²) in [6.45, 7) is 8.36. The lowest BCUT2D eigenvalue weighted by Crippen LogP contribution is -2.38. The molecule has 0 fully saturated rings. The fourth-order valence-corrected chi connectivity index (χ4v) is 2.32. The van der Waals surface area contributed by atoms with Crippen molar-refractivity contribution >= 4 is 35.8 Å².